The second kappa shape index (κ2) is 9.42. The summed E-state index contributed by atoms with van der Waals surface area (Å²) in [6, 6.07) is 19.2. The molecule has 7 heteroatoms. The maximum atomic E-state index is 12.7. The van der Waals surface area contributed by atoms with Crippen molar-refractivity contribution in [1.29, 1.82) is 0 Å². The fourth-order valence-corrected chi connectivity index (χ4v) is 3.66. The number of carboxylic acid groups (broad SMARTS) is 1. The number of benzene rings is 2. The summed E-state index contributed by atoms with van der Waals surface area (Å²) in [5.74, 6) is -0.890. The fourth-order valence-electron chi connectivity index (χ4n) is 3.66. The molecule has 1 aliphatic heterocycles. The molecule has 1 aromatic heterocycles. The summed E-state index contributed by atoms with van der Waals surface area (Å²) in [5.41, 5.74) is 4.63. The number of hydrogen-bond acceptors (Lipinski definition) is 4. The van der Waals surface area contributed by atoms with Gasteiger partial charge in [-0.15, -0.1) is 0 Å². The van der Waals surface area contributed by atoms with Gasteiger partial charge in [0.25, 0.3) is 0 Å². The molecule has 2 N–H and O–H groups in total. The third kappa shape index (κ3) is 5.21. The number of aromatic nitrogens is 1. The van der Waals surface area contributed by atoms with E-state index >= 15 is 0 Å². The number of carbonyl (C=O) groups is 2. The van der Waals surface area contributed by atoms with Crippen molar-refractivity contribution in [3.8, 4) is 11.1 Å². The summed E-state index contributed by atoms with van der Waals surface area (Å²) in [6.45, 7) is 4.27. The molecule has 0 saturated carbocycles. The zero-order chi connectivity index (χ0) is 23.4. The largest absolute Gasteiger partial charge is 0.481 e. The molecule has 0 atom stereocenters. The molecule has 1 aliphatic rings. The Kier molecular flexibility index (Phi) is 6.42. The maximum Gasteiger partial charge on any atom is 0.326 e. The number of carboxylic acids is 1. The molecule has 2 amide bonds. The molecule has 7 nitrogen and oxygen atoms in total. The summed E-state index contributed by atoms with van der Waals surface area (Å²) in [7, 11) is 0. The summed E-state index contributed by atoms with van der Waals surface area (Å²) >= 11 is 0. The van der Waals surface area contributed by atoms with Crippen molar-refractivity contribution in [1.82, 2.24) is 4.98 Å². The third-order valence-electron chi connectivity index (χ3n) is 5.70. The Labute approximate surface area is 193 Å². The van der Waals surface area contributed by atoms with Gasteiger partial charge in [-0.2, -0.15) is 0 Å². The van der Waals surface area contributed by atoms with Crippen molar-refractivity contribution >= 4 is 23.4 Å². The van der Waals surface area contributed by atoms with Crippen LogP contribution in [0, 0.1) is 5.41 Å². The van der Waals surface area contributed by atoms with Crippen molar-refractivity contribution < 1.29 is 19.4 Å². The lowest BCUT2D eigenvalue weighted by atomic mass is 9.95. The second-order valence-electron chi connectivity index (χ2n) is 8.76. The Balaban J connectivity index is 1.40. The number of amides is 2. The van der Waals surface area contributed by atoms with Crippen molar-refractivity contribution in [2.75, 3.05) is 23.4 Å². The summed E-state index contributed by atoms with van der Waals surface area (Å²) in [6.07, 6.45) is 2.59. The SMILES string of the molecule is CC(C)(COCc1ccc(-c2ccc3c(c2)CCN3C(=O)Nc2ccccc2)cn1)C(=O)O. The number of fused-ring (bicyclic) bond motifs is 1. The van der Waals surface area contributed by atoms with E-state index in [4.69, 9.17) is 9.84 Å². The number of urea groups is 1. The highest BCUT2D eigenvalue weighted by Gasteiger charge is 2.27. The molecule has 2 heterocycles. The lowest BCUT2D eigenvalue weighted by molar-refractivity contribution is -0.150. The van der Waals surface area contributed by atoms with E-state index in [1.165, 1.54) is 0 Å². The Hall–Kier alpha value is -3.71. The number of ether oxygens (including phenoxy) is 1. The van der Waals surface area contributed by atoms with Crippen molar-refractivity contribution in [3.63, 3.8) is 0 Å². The molecule has 0 saturated heterocycles. The van der Waals surface area contributed by atoms with E-state index in [2.05, 4.69) is 16.4 Å². The first-order valence-corrected chi connectivity index (χ1v) is 10.9. The van der Waals surface area contributed by atoms with Crippen LogP contribution in [0.5, 0.6) is 0 Å². The van der Waals surface area contributed by atoms with Crippen molar-refractivity contribution in [3.05, 3.63) is 78.1 Å². The fraction of sp³-hybridized carbons (Fsp3) is 0.269. The number of carbonyl (C=O) groups excluding carboxylic acids is 1. The van der Waals surface area contributed by atoms with Crippen LogP contribution >= 0.6 is 0 Å². The van der Waals surface area contributed by atoms with Gasteiger partial charge in [0.15, 0.2) is 0 Å². The van der Waals surface area contributed by atoms with E-state index in [0.29, 0.717) is 6.54 Å². The first-order chi connectivity index (χ1) is 15.8. The predicted molar refractivity (Wildman–Crippen MR) is 127 cm³/mol. The van der Waals surface area contributed by atoms with Crippen LogP contribution in [0.1, 0.15) is 25.1 Å². The molecule has 0 unspecified atom stereocenters. The molecule has 0 bridgehead atoms. The molecular formula is C26H27N3O4. The van der Waals surface area contributed by atoms with Crippen LogP contribution in [0.2, 0.25) is 0 Å². The van der Waals surface area contributed by atoms with Crippen LogP contribution in [0.3, 0.4) is 0 Å². The van der Waals surface area contributed by atoms with E-state index in [1.807, 2.05) is 54.6 Å². The maximum absolute atomic E-state index is 12.7. The molecular weight excluding hydrogens is 418 g/mol. The number of rotatable bonds is 7. The van der Waals surface area contributed by atoms with Crippen molar-refractivity contribution in [2.24, 2.45) is 5.41 Å². The van der Waals surface area contributed by atoms with E-state index < -0.39 is 11.4 Å². The van der Waals surface area contributed by atoms with Crippen LogP contribution in [-0.2, 0) is 22.6 Å². The number of aliphatic carboxylic acids is 1. The van der Waals surface area contributed by atoms with Gasteiger partial charge in [0.2, 0.25) is 0 Å². The summed E-state index contributed by atoms with van der Waals surface area (Å²) in [4.78, 5) is 30.1. The topological polar surface area (TPSA) is 91.8 Å². The van der Waals surface area contributed by atoms with Gasteiger partial charge in [0.1, 0.15) is 0 Å². The summed E-state index contributed by atoms with van der Waals surface area (Å²) in [5, 5.41) is 12.1. The van der Waals surface area contributed by atoms with Gasteiger partial charge in [0.05, 0.1) is 24.3 Å². The van der Waals surface area contributed by atoms with Gasteiger partial charge in [-0.3, -0.25) is 14.7 Å². The van der Waals surface area contributed by atoms with E-state index in [1.54, 1.807) is 24.9 Å². The standard InChI is InChI=1S/C26H27N3O4/c1-26(2,24(30)31)17-33-16-22-10-8-20(15-27-22)18-9-11-23-19(14-18)12-13-29(23)25(32)28-21-6-4-3-5-7-21/h3-11,14-15H,12-13,16-17H2,1-2H3,(H,28,32)(H,30,31). The van der Waals surface area contributed by atoms with Crippen LogP contribution in [-0.4, -0.2) is 35.2 Å². The minimum absolute atomic E-state index is 0.116. The number of nitrogens with one attached hydrogen (secondary N) is 1. The highest BCUT2D eigenvalue weighted by atomic mass is 16.5. The quantitative estimate of drug-likeness (QED) is 0.536. The van der Waals surface area contributed by atoms with Crippen LogP contribution in [0.15, 0.2) is 66.9 Å². The van der Waals surface area contributed by atoms with E-state index in [9.17, 15) is 9.59 Å². The van der Waals surface area contributed by atoms with Crippen LogP contribution in [0.25, 0.3) is 11.1 Å². The normalized spacial score (nSPS) is 13.0. The lowest BCUT2D eigenvalue weighted by Gasteiger charge is -2.19. The van der Waals surface area contributed by atoms with Gasteiger partial charge in [-0.05, 0) is 61.7 Å². The van der Waals surface area contributed by atoms with Gasteiger partial charge < -0.3 is 15.2 Å². The molecule has 2 aromatic carbocycles. The van der Waals surface area contributed by atoms with Gasteiger partial charge >= 0.3 is 12.0 Å². The van der Waals surface area contributed by atoms with Gasteiger partial charge in [-0.25, -0.2) is 4.79 Å². The molecule has 0 aliphatic carbocycles. The van der Waals surface area contributed by atoms with E-state index in [0.717, 1.165) is 40.2 Å². The average Bonchev–Trinajstić information content (AvgIpc) is 3.23. The minimum Gasteiger partial charge on any atom is -0.481 e. The third-order valence-corrected chi connectivity index (χ3v) is 5.70. The number of anilines is 2. The first-order valence-electron chi connectivity index (χ1n) is 10.9. The number of hydrogen-bond donors (Lipinski definition) is 2. The zero-order valence-electron chi connectivity index (χ0n) is 18.7. The molecule has 33 heavy (non-hydrogen) atoms. The Bertz CT molecular complexity index is 1140. The smallest absolute Gasteiger partial charge is 0.326 e. The average molecular weight is 446 g/mol. The monoisotopic (exact) mass is 445 g/mol. The van der Waals surface area contributed by atoms with Gasteiger partial charge in [-0.1, -0.05) is 30.3 Å². The Morgan fingerprint density at radius 2 is 1.85 bits per heavy atom. The first kappa shape index (κ1) is 22.5. The molecule has 0 radical (unpaired) electrons. The lowest BCUT2D eigenvalue weighted by Crippen LogP contribution is -2.33. The Morgan fingerprint density at radius 3 is 2.55 bits per heavy atom. The molecule has 0 spiro atoms. The second-order valence-corrected chi connectivity index (χ2v) is 8.76. The van der Waals surface area contributed by atoms with Crippen molar-refractivity contribution in [2.45, 2.75) is 26.9 Å². The molecule has 0 fully saturated rings. The van der Waals surface area contributed by atoms with Crippen LogP contribution < -0.4 is 10.2 Å². The number of para-hydroxylation sites is 1. The summed E-state index contributed by atoms with van der Waals surface area (Å²) < 4.78 is 5.54. The Morgan fingerprint density at radius 1 is 1.09 bits per heavy atom. The number of nitrogens with zero attached hydrogens (tertiary/aromatic N) is 2. The zero-order valence-corrected chi connectivity index (χ0v) is 18.7. The van der Waals surface area contributed by atoms with E-state index in [-0.39, 0.29) is 19.2 Å². The highest BCUT2D eigenvalue weighted by Crippen LogP contribution is 2.32. The minimum atomic E-state index is -0.934. The highest BCUT2D eigenvalue weighted by molar-refractivity contribution is 6.03. The molecule has 3 aromatic rings. The van der Waals surface area contributed by atoms with Gasteiger partial charge in [0, 0.05) is 29.7 Å². The number of pyridine rings is 1. The van der Waals surface area contributed by atoms with Crippen LogP contribution in [0.4, 0.5) is 16.2 Å². The predicted octanol–water partition coefficient (Wildman–Crippen LogP) is 4.97. The molecule has 170 valence electrons. The molecule has 4 rings (SSSR count).